The van der Waals surface area contributed by atoms with Crippen LogP contribution in [0, 0.1) is 0 Å². The smallest absolute Gasteiger partial charge is 0.425 e. The maximum atomic E-state index is 14.0. The van der Waals surface area contributed by atoms with Gasteiger partial charge in [-0.1, -0.05) is 11.6 Å². The van der Waals surface area contributed by atoms with Crippen molar-refractivity contribution in [1.82, 2.24) is 0 Å². The number of amides is 1. The third kappa shape index (κ3) is 2.92. The van der Waals surface area contributed by atoms with Crippen LogP contribution in [-0.2, 0) is 15.1 Å². The van der Waals surface area contributed by atoms with E-state index in [1.807, 2.05) is 0 Å². The summed E-state index contributed by atoms with van der Waals surface area (Å²) >= 11 is 5.87. The molecule has 1 aromatic carbocycles. The van der Waals surface area contributed by atoms with E-state index in [1.54, 1.807) is 6.07 Å². The zero-order chi connectivity index (χ0) is 17.4. The van der Waals surface area contributed by atoms with Crippen molar-refractivity contribution in [3.05, 3.63) is 59.0 Å². The molecule has 0 saturated carbocycles. The van der Waals surface area contributed by atoms with Gasteiger partial charge in [0, 0.05) is 16.3 Å². The zero-order valence-electron chi connectivity index (χ0n) is 12.1. The van der Waals surface area contributed by atoms with Crippen molar-refractivity contribution >= 4 is 29.3 Å². The number of benzene rings is 1. The van der Waals surface area contributed by atoms with Crippen molar-refractivity contribution in [3.63, 3.8) is 0 Å². The molecule has 0 fully saturated rings. The van der Waals surface area contributed by atoms with Crippen LogP contribution in [-0.4, -0.2) is 18.7 Å². The molecule has 3 rings (SSSR count). The summed E-state index contributed by atoms with van der Waals surface area (Å²) in [6.45, 7) is -0.756. The molecular weight excluding hydrogens is 347 g/mol. The van der Waals surface area contributed by atoms with Crippen molar-refractivity contribution in [2.75, 3.05) is 11.9 Å². The Morgan fingerprint density at radius 3 is 2.75 bits per heavy atom. The monoisotopic (exact) mass is 357 g/mol. The van der Waals surface area contributed by atoms with Crippen LogP contribution in [0.25, 0.3) is 6.08 Å². The Labute approximate surface area is 139 Å². The number of ether oxygens (including phenoxy) is 1. The van der Waals surface area contributed by atoms with Crippen molar-refractivity contribution in [2.45, 2.75) is 11.8 Å². The Balaban J connectivity index is 2.21. The first-order valence-electron chi connectivity index (χ1n) is 6.85. The molecule has 126 valence electrons. The lowest BCUT2D eigenvalue weighted by Crippen LogP contribution is -2.43. The van der Waals surface area contributed by atoms with Gasteiger partial charge in [-0.15, -0.1) is 0 Å². The van der Waals surface area contributed by atoms with E-state index in [2.05, 4.69) is 5.32 Å². The molecule has 1 aromatic heterocycles. The fourth-order valence-corrected chi connectivity index (χ4v) is 2.60. The molecule has 2 aromatic rings. The van der Waals surface area contributed by atoms with Crippen LogP contribution in [0.5, 0.6) is 0 Å². The average Bonchev–Trinajstić information content (AvgIpc) is 2.97. The summed E-state index contributed by atoms with van der Waals surface area (Å²) in [6, 6.07) is 6.88. The number of rotatable bonds is 2. The van der Waals surface area contributed by atoms with Crippen LogP contribution in [0.15, 0.2) is 47.1 Å². The third-order valence-electron chi connectivity index (χ3n) is 3.53. The number of anilines is 1. The van der Waals surface area contributed by atoms with E-state index in [-0.39, 0.29) is 22.0 Å². The van der Waals surface area contributed by atoms with Crippen LogP contribution in [0.4, 0.5) is 18.9 Å². The number of alkyl halides is 3. The quantitative estimate of drug-likeness (QED) is 0.868. The first-order valence-corrected chi connectivity index (χ1v) is 7.23. The second-order valence-electron chi connectivity index (χ2n) is 5.11. The summed E-state index contributed by atoms with van der Waals surface area (Å²) in [5.41, 5.74) is -3.14. The molecule has 4 nitrogen and oxygen atoms in total. The van der Waals surface area contributed by atoms with Gasteiger partial charge in [0.2, 0.25) is 11.5 Å². The van der Waals surface area contributed by atoms with Gasteiger partial charge in [0.25, 0.3) is 0 Å². The fourth-order valence-electron chi connectivity index (χ4n) is 2.43. The van der Waals surface area contributed by atoms with E-state index in [1.165, 1.54) is 24.5 Å². The van der Waals surface area contributed by atoms with Crippen LogP contribution in [0.1, 0.15) is 11.3 Å². The van der Waals surface area contributed by atoms with Crippen LogP contribution >= 0.6 is 11.6 Å². The molecule has 0 saturated heterocycles. The number of furan rings is 1. The standard InChI is InChI=1S/C16H11ClF3NO3/c17-10-3-4-13-12(8-10)15(16(18,19)20,24-9-14(22)21-13)6-5-11-2-1-7-23-11/h1-8H,9H2,(H,21,22). The second kappa shape index (κ2) is 5.99. The van der Waals surface area contributed by atoms with Crippen LogP contribution < -0.4 is 5.32 Å². The van der Waals surface area contributed by atoms with Gasteiger partial charge in [-0.2, -0.15) is 13.2 Å². The highest BCUT2D eigenvalue weighted by molar-refractivity contribution is 6.30. The summed E-state index contributed by atoms with van der Waals surface area (Å²) < 4.78 is 51.9. The Morgan fingerprint density at radius 2 is 2.08 bits per heavy atom. The number of hydrogen-bond donors (Lipinski definition) is 1. The van der Waals surface area contributed by atoms with Gasteiger partial charge in [0.1, 0.15) is 12.4 Å². The van der Waals surface area contributed by atoms with Crippen LogP contribution in [0.2, 0.25) is 5.02 Å². The molecule has 2 heterocycles. The topological polar surface area (TPSA) is 51.5 Å². The first kappa shape index (κ1) is 16.6. The summed E-state index contributed by atoms with van der Waals surface area (Å²) in [4.78, 5) is 11.7. The Morgan fingerprint density at radius 1 is 1.29 bits per heavy atom. The van der Waals surface area contributed by atoms with E-state index in [0.29, 0.717) is 0 Å². The lowest BCUT2D eigenvalue weighted by molar-refractivity contribution is -0.260. The van der Waals surface area contributed by atoms with Crippen molar-refractivity contribution in [3.8, 4) is 0 Å². The van der Waals surface area contributed by atoms with E-state index in [9.17, 15) is 18.0 Å². The number of fused-ring (bicyclic) bond motifs is 1. The average molecular weight is 358 g/mol. The molecule has 0 bridgehead atoms. The van der Waals surface area contributed by atoms with Gasteiger partial charge < -0.3 is 14.5 Å². The Kier molecular flexibility index (Phi) is 4.15. The summed E-state index contributed by atoms with van der Waals surface area (Å²) in [5, 5.41) is 2.48. The molecule has 0 spiro atoms. The van der Waals surface area contributed by atoms with E-state index >= 15 is 0 Å². The highest BCUT2D eigenvalue weighted by Gasteiger charge is 2.58. The number of nitrogens with one attached hydrogen (secondary N) is 1. The normalized spacial score (nSPS) is 21.4. The summed E-state index contributed by atoms with van der Waals surface area (Å²) in [6.07, 6.45) is -1.53. The zero-order valence-corrected chi connectivity index (χ0v) is 12.8. The lowest BCUT2D eigenvalue weighted by Gasteiger charge is -2.32. The minimum Gasteiger partial charge on any atom is -0.465 e. The molecule has 8 heteroatoms. The highest BCUT2D eigenvalue weighted by Crippen LogP contribution is 2.48. The molecule has 1 aliphatic rings. The van der Waals surface area contributed by atoms with Crippen molar-refractivity contribution in [1.29, 1.82) is 0 Å². The number of halogens is 4. The summed E-state index contributed by atoms with van der Waals surface area (Å²) in [5.74, 6) is -0.467. The second-order valence-corrected chi connectivity index (χ2v) is 5.55. The predicted octanol–water partition coefficient (Wildman–Crippen LogP) is 4.37. The molecule has 1 N–H and O–H groups in total. The van der Waals surface area contributed by atoms with Crippen molar-refractivity contribution in [2.24, 2.45) is 0 Å². The highest BCUT2D eigenvalue weighted by atomic mass is 35.5. The fraction of sp³-hybridized carbons (Fsp3) is 0.188. The molecular formula is C16H11ClF3NO3. The molecule has 0 aliphatic carbocycles. The van der Waals surface area contributed by atoms with E-state index in [4.69, 9.17) is 20.8 Å². The minimum absolute atomic E-state index is 0.0108. The van der Waals surface area contributed by atoms with Gasteiger partial charge in [-0.05, 0) is 42.5 Å². The van der Waals surface area contributed by atoms with E-state index in [0.717, 1.165) is 18.2 Å². The SMILES string of the molecule is O=C1COC(C=Cc2ccco2)(C(F)(F)F)c2cc(Cl)ccc2N1. The minimum atomic E-state index is -4.83. The largest absolute Gasteiger partial charge is 0.465 e. The number of carbonyl (C=O) groups excluding carboxylic acids is 1. The maximum absolute atomic E-state index is 14.0. The lowest BCUT2D eigenvalue weighted by atomic mass is 9.90. The summed E-state index contributed by atoms with van der Waals surface area (Å²) in [7, 11) is 0. The molecule has 1 atom stereocenters. The molecule has 24 heavy (non-hydrogen) atoms. The number of carbonyl (C=O) groups is 1. The van der Waals surface area contributed by atoms with Gasteiger partial charge in [-0.3, -0.25) is 4.79 Å². The molecule has 1 unspecified atom stereocenters. The van der Waals surface area contributed by atoms with Crippen LogP contribution in [0.3, 0.4) is 0 Å². The molecule has 0 radical (unpaired) electrons. The Hall–Kier alpha value is -2.25. The van der Waals surface area contributed by atoms with Gasteiger partial charge in [0.05, 0.1) is 6.26 Å². The Bertz CT molecular complexity index is 786. The molecule has 1 amide bonds. The molecule has 1 aliphatic heterocycles. The van der Waals surface area contributed by atoms with Crippen molar-refractivity contribution < 1.29 is 27.1 Å². The van der Waals surface area contributed by atoms with Gasteiger partial charge >= 0.3 is 6.18 Å². The predicted molar refractivity (Wildman–Crippen MR) is 81.5 cm³/mol. The first-order chi connectivity index (χ1) is 11.3. The number of hydrogen-bond acceptors (Lipinski definition) is 3. The van der Waals surface area contributed by atoms with Gasteiger partial charge in [-0.25, -0.2) is 0 Å². The van der Waals surface area contributed by atoms with E-state index < -0.39 is 24.3 Å². The van der Waals surface area contributed by atoms with Gasteiger partial charge in [0.15, 0.2) is 0 Å². The third-order valence-corrected chi connectivity index (χ3v) is 3.77. The maximum Gasteiger partial charge on any atom is 0.425 e.